The van der Waals surface area contributed by atoms with Crippen LogP contribution in [-0.2, 0) is 4.79 Å². The van der Waals surface area contributed by atoms with Crippen LogP contribution in [0.4, 0.5) is 0 Å². The van der Waals surface area contributed by atoms with Crippen LogP contribution >= 0.6 is 0 Å². The molecule has 4 rings (SSSR count). The zero-order valence-corrected chi connectivity index (χ0v) is 18.2. The summed E-state index contributed by atoms with van der Waals surface area (Å²) in [6, 6.07) is 6.17. The van der Waals surface area contributed by atoms with Gasteiger partial charge in [-0.3, -0.25) is 9.48 Å². The molecule has 3 aromatic heterocycles. The van der Waals surface area contributed by atoms with Gasteiger partial charge in [-0.2, -0.15) is 20.7 Å². The van der Waals surface area contributed by atoms with Gasteiger partial charge in [0.25, 0.3) is 5.91 Å². The summed E-state index contributed by atoms with van der Waals surface area (Å²) in [5.41, 5.74) is 4.14. The summed E-state index contributed by atoms with van der Waals surface area (Å²) >= 11 is 0. The maximum atomic E-state index is 12.4. The Bertz CT molecular complexity index is 1290. The van der Waals surface area contributed by atoms with Gasteiger partial charge in [-0.05, 0) is 32.8 Å². The molecule has 9 nitrogen and oxygen atoms in total. The Hall–Kier alpha value is -4.11. The molecule has 0 aliphatic carbocycles. The van der Waals surface area contributed by atoms with Crippen LogP contribution < -0.4 is 4.74 Å². The van der Waals surface area contributed by atoms with E-state index in [1.54, 1.807) is 29.5 Å². The lowest BCUT2D eigenvalue weighted by Gasteiger charge is -2.32. The molecule has 0 aromatic carbocycles. The molecule has 1 aliphatic heterocycles. The van der Waals surface area contributed by atoms with E-state index in [0.29, 0.717) is 29.9 Å². The van der Waals surface area contributed by atoms with Crippen LogP contribution in [0.5, 0.6) is 5.75 Å². The lowest BCUT2D eigenvalue weighted by Crippen LogP contribution is -2.40. The fourth-order valence-corrected chi connectivity index (χ4v) is 4.26. The smallest absolute Gasteiger partial charge is 0.264 e. The van der Waals surface area contributed by atoms with Gasteiger partial charge in [0.2, 0.25) is 0 Å². The molecule has 4 heterocycles. The Morgan fingerprint density at radius 1 is 1.25 bits per heavy atom. The molecule has 162 valence electrons. The molecular formula is C23H23N7O2. The maximum Gasteiger partial charge on any atom is 0.264 e. The molecule has 0 bridgehead atoms. The molecule has 0 radical (unpaired) electrons. The number of hydrogen-bond donors (Lipinski definition) is 0. The van der Waals surface area contributed by atoms with Crippen LogP contribution in [0.3, 0.4) is 0 Å². The molecule has 9 heteroatoms. The van der Waals surface area contributed by atoms with Gasteiger partial charge < -0.3 is 9.64 Å². The molecule has 0 saturated carbocycles. The van der Waals surface area contributed by atoms with E-state index in [-0.39, 0.29) is 17.5 Å². The van der Waals surface area contributed by atoms with Crippen molar-refractivity contribution < 1.29 is 9.53 Å². The van der Waals surface area contributed by atoms with E-state index in [0.717, 1.165) is 29.7 Å². The average molecular weight is 429 g/mol. The number of nitrogens with zero attached hydrogens (tertiary/aromatic N) is 7. The zero-order valence-electron chi connectivity index (χ0n) is 18.2. The van der Waals surface area contributed by atoms with Gasteiger partial charge in [0.05, 0.1) is 25.5 Å². The molecule has 1 fully saturated rings. The highest BCUT2D eigenvalue weighted by Crippen LogP contribution is 2.33. The van der Waals surface area contributed by atoms with Crippen molar-refractivity contribution in [2.75, 3.05) is 20.2 Å². The van der Waals surface area contributed by atoms with Crippen molar-refractivity contribution in [1.29, 1.82) is 10.5 Å². The second kappa shape index (κ2) is 8.56. The minimum atomic E-state index is -0.206. The van der Waals surface area contributed by atoms with Crippen LogP contribution in [0.1, 0.15) is 37.1 Å². The number of ether oxygens (including phenoxy) is 1. The normalized spacial score (nSPS) is 14.9. The quantitative estimate of drug-likeness (QED) is 0.465. The Balaban J connectivity index is 1.58. The van der Waals surface area contributed by atoms with Gasteiger partial charge >= 0.3 is 0 Å². The summed E-state index contributed by atoms with van der Waals surface area (Å²) in [5, 5.41) is 27.4. The molecular weight excluding hydrogens is 406 g/mol. The Morgan fingerprint density at radius 2 is 2.00 bits per heavy atom. The van der Waals surface area contributed by atoms with Crippen LogP contribution in [0.25, 0.3) is 16.6 Å². The number of hydrogen-bond acceptors (Lipinski definition) is 6. The molecule has 1 aliphatic rings. The van der Waals surface area contributed by atoms with E-state index in [9.17, 15) is 10.1 Å². The van der Waals surface area contributed by atoms with Crippen molar-refractivity contribution in [3.63, 3.8) is 0 Å². The van der Waals surface area contributed by atoms with Gasteiger partial charge in [-0.25, -0.2) is 4.52 Å². The van der Waals surface area contributed by atoms with Crippen LogP contribution in [0, 0.1) is 29.6 Å². The Kier molecular flexibility index (Phi) is 5.65. The van der Waals surface area contributed by atoms with Crippen LogP contribution in [0.2, 0.25) is 0 Å². The third-order valence-electron chi connectivity index (χ3n) is 6.01. The first-order valence-corrected chi connectivity index (χ1v) is 10.4. The Morgan fingerprint density at radius 3 is 2.62 bits per heavy atom. The average Bonchev–Trinajstić information content (AvgIpc) is 3.42. The van der Waals surface area contributed by atoms with Crippen molar-refractivity contribution in [2.45, 2.75) is 32.7 Å². The second-order valence-electron chi connectivity index (χ2n) is 7.69. The topological polar surface area (TPSA) is 112 Å². The molecule has 32 heavy (non-hydrogen) atoms. The van der Waals surface area contributed by atoms with Crippen molar-refractivity contribution in [3.8, 4) is 29.0 Å². The van der Waals surface area contributed by atoms with E-state index in [1.165, 1.54) is 6.20 Å². The number of nitriles is 2. The Labute approximate surface area is 185 Å². The van der Waals surface area contributed by atoms with E-state index >= 15 is 0 Å². The molecule has 0 N–H and O–H groups in total. The van der Waals surface area contributed by atoms with Crippen LogP contribution in [0.15, 0.2) is 36.3 Å². The molecule has 0 spiro atoms. The summed E-state index contributed by atoms with van der Waals surface area (Å²) in [6.07, 6.45) is 8.32. The van der Waals surface area contributed by atoms with Gasteiger partial charge in [0.15, 0.2) is 0 Å². The summed E-state index contributed by atoms with van der Waals surface area (Å²) in [7, 11) is 1.57. The summed E-state index contributed by atoms with van der Waals surface area (Å²) in [5.74, 6) is 0.371. The number of amides is 1. The highest BCUT2D eigenvalue weighted by molar-refractivity contribution is 5.97. The summed E-state index contributed by atoms with van der Waals surface area (Å²) < 4.78 is 9.19. The predicted molar refractivity (Wildman–Crippen MR) is 117 cm³/mol. The van der Waals surface area contributed by atoms with Gasteiger partial charge in [0.1, 0.15) is 34.5 Å². The number of carbonyl (C=O) groups excluding carboxylic acids is 1. The fourth-order valence-electron chi connectivity index (χ4n) is 4.26. The lowest BCUT2D eigenvalue weighted by molar-refractivity contribution is -0.128. The number of rotatable bonds is 4. The minimum absolute atomic E-state index is 0.171. The van der Waals surface area contributed by atoms with Crippen LogP contribution in [-0.4, -0.2) is 50.4 Å². The van der Waals surface area contributed by atoms with Crippen molar-refractivity contribution >= 4 is 11.4 Å². The van der Waals surface area contributed by atoms with E-state index in [1.807, 2.05) is 36.1 Å². The third-order valence-corrected chi connectivity index (χ3v) is 6.01. The summed E-state index contributed by atoms with van der Waals surface area (Å²) in [6.45, 7) is 4.89. The number of methoxy groups -OCH3 is 1. The second-order valence-corrected chi connectivity index (χ2v) is 7.69. The fraction of sp³-hybridized carbons (Fsp3) is 0.348. The van der Waals surface area contributed by atoms with Gasteiger partial charge in [0, 0.05) is 36.1 Å². The molecule has 0 unspecified atom stereocenters. The van der Waals surface area contributed by atoms with E-state index in [2.05, 4.69) is 16.3 Å². The number of aromatic nitrogens is 4. The number of piperidine rings is 1. The number of fused-ring (bicyclic) bond motifs is 1. The lowest BCUT2D eigenvalue weighted by atomic mass is 10.0. The monoisotopic (exact) mass is 429 g/mol. The number of carbonyl (C=O) groups is 1. The zero-order chi connectivity index (χ0) is 22.8. The predicted octanol–water partition coefficient (Wildman–Crippen LogP) is 3.02. The van der Waals surface area contributed by atoms with Gasteiger partial charge in [-0.1, -0.05) is 6.08 Å². The minimum Gasteiger partial charge on any atom is -0.494 e. The molecule has 1 amide bonds. The number of allylic oxidation sites excluding steroid dienone is 1. The molecule has 3 aromatic rings. The SMILES string of the molecule is C/C=C(\C#N)C(=O)N1CCC(n2ncc(-c3cc(OC)c4c(C#N)cnn4c3)c2C)CC1. The van der Waals surface area contributed by atoms with Crippen molar-refractivity contribution in [1.82, 2.24) is 24.3 Å². The third kappa shape index (κ3) is 3.48. The highest BCUT2D eigenvalue weighted by Gasteiger charge is 2.27. The largest absolute Gasteiger partial charge is 0.494 e. The standard InChI is InChI=1S/C23H23N7O2/c1-4-16(10-24)23(31)28-7-5-19(6-8-28)30-15(2)20(13-27-30)17-9-21(32-3)22-18(11-25)12-26-29(22)14-17/h4,9,12-14,19H,5-8H2,1-3H3/b16-4+. The van der Waals surface area contributed by atoms with Crippen molar-refractivity contribution in [3.05, 3.63) is 47.6 Å². The van der Waals surface area contributed by atoms with Gasteiger partial charge in [-0.15, -0.1) is 0 Å². The van der Waals surface area contributed by atoms with E-state index < -0.39 is 0 Å². The number of likely N-dealkylation sites (tertiary alicyclic amines) is 1. The number of pyridine rings is 1. The van der Waals surface area contributed by atoms with Crippen molar-refractivity contribution in [2.24, 2.45) is 0 Å². The first-order valence-electron chi connectivity index (χ1n) is 10.4. The van der Waals surface area contributed by atoms with E-state index in [4.69, 9.17) is 10.00 Å². The summed E-state index contributed by atoms with van der Waals surface area (Å²) in [4.78, 5) is 14.2. The highest BCUT2D eigenvalue weighted by atomic mass is 16.5. The first kappa shape index (κ1) is 21.1. The first-order chi connectivity index (χ1) is 15.5. The molecule has 0 atom stereocenters. The maximum absolute atomic E-state index is 12.4. The molecule has 1 saturated heterocycles.